The molecule has 0 heterocycles. The highest BCUT2D eigenvalue weighted by Crippen LogP contribution is 2.20. The third kappa shape index (κ3) is 1.70. The molecule has 0 radical (unpaired) electrons. The van der Waals surface area contributed by atoms with E-state index < -0.39 is 5.50 Å². The van der Waals surface area contributed by atoms with E-state index >= 15 is 0 Å². The van der Waals surface area contributed by atoms with Gasteiger partial charge in [0.2, 0.25) is 0 Å². The van der Waals surface area contributed by atoms with Gasteiger partial charge in [-0.05, 0) is 17.7 Å². The lowest BCUT2D eigenvalue weighted by Crippen LogP contribution is -1.81. The van der Waals surface area contributed by atoms with Gasteiger partial charge in [-0.2, -0.15) is 0 Å². The number of thiol groups is 1. The van der Waals surface area contributed by atoms with Crippen molar-refractivity contribution in [2.45, 2.75) is 5.50 Å². The van der Waals surface area contributed by atoms with Crippen molar-refractivity contribution in [2.24, 2.45) is 0 Å². The van der Waals surface area contributed by atoms with Gasteiger partial charge >= 0.3 is 0 Å². The Labute approximate surface area is 63.3 Å². The van der Waals surface area contributed by atoms with E-state index in [1.54, 1.807) is 0 Å². The van der Waals surface area contributed by atoms with Crippen LogP contribution < -0.4 is 0 Å². The molecule has 0 amide bonds. The first-order chi connectivity index (χ1) is 4.70. The van der Waals surface area contributed by atoms with Gasteiger partial charge in [0.05, 0.1) is 0 Å². The Bertz CT molecular complexity index is 205. The normalized spacial score (nSPS) is 13.1. The van der Waals surface area contributed by atoms with E-state index in [4.69, 9.17) is 0 Å². The molecule has 54 valence electrons. The lowest BCUT2D eigenvalue weighted by Gasteiger charge is -1.98. The van der Waals surface area contributed by atoms with Crippen molar-refractivity contribution in [2.75, 3.05) is 0 Å². The van der Waals surface area contributed by atoms with Crippen LogP contribution in [0.4, 0.5) is 8.78 Å². The zero-order valence-corrected chi connectivity index (χ0v) is 5.98. The largest absolute Gasteiger partial charge is 0.231 e. The van der Waals surface area contributed by atoms with Crippen LogP contribution in [0.2, 0.25) is 0 Å². The molecule has 0 nitrogen and oxygen atoms in total. The first-order valence-corrected chi connectivity index (χ1v) is 3.29. The minimum absolute atomic E-state index is 0.363. The standard InChI is InChI=1S/C7H6F2S/c8-6-3-1-5(2-4-6)7(9)10/h1-4,7,10H. The predicted octanol–water partition coefficient (Wildman–Crippen LogP) is 2.72. The first kappa shape index (κ1) is 7.54. The Hall–Kier alpha value is -0.570. The summed E-state index contributed by atoms with van der Waals surface area (Å²) >= 11 is 3.53. The molecule has 3 heteroatoms. The zero-order valence-electron chi connectivity index (χ0n) is 5.09. The molecular weight excluding hydrogens is 154 g/mol. The maximum Gasteiger partial charge on any atom is 0.168 e. The summed E-state index contributed by atoms with van der Waals surface area (Å²) in [4.78, 5) is 0. The van der Waals surface area contributed by atoms with Crippen LogP contribution >= 0.6 is 12.6 Å². The third-order valence-corrected chi connectivity index (χ3v) is 1.44. The van der Waals surface area contributed by atoms with E-state index in [1.807, 2.05) is 0 Å². The lowest BCUT2D eigenvalue weighted by atomic mass is 10.2. The second-order valence-electron chi connectivity index (χ2n) is 1.89. The first-order valence-electron chi connectivity index (χ1n) is 2.78. The second kappa shape index (κ2) is 3.01. The Balaban J connectivity index is 2.89. The SMILES string of the molecule is Fc1ccc(C(F)S)cc1. The average molecular weight is 160 g/mol. The number of rotatable bonds is 1. The van der Waals surface area contributed by atoms with Gasteiger partial charge < -0.3 is 0 Å². The summed E-state index contributed by atoms with van der Waals surface area (Å²) in [5.41, 5.74) is -0.940. The van der Waals surface area contributed by atoms with Crippen LogP contribution in [0.3, 0.4) is 0 Å². The van der Waals surface area contributed by atoms with Crippen molar-refractivity contribution in [1.29, 1.82) is 0 Å². The molecule has 1 atom stereocenters. The molecule has 0 N–H and O–H groups in total. The Kier molecular flexibility index (Phi) is 2.27. The lowest BCUT2D eigenvalue weighted by molar-refractivity contribution is 0.472. The molecule has 0 fully saturated rings. The van der Waals surface area contributed by atoms with E-state index in [-0.39, 0.29) is 5.82 Å². The highest BCUT2D eigenvalue weighted by molar-refractivity contribution is 7.80. The molecule has 0 spiro atoms. The van der Waals surface area contributed by atoms with Crippen LogP contribution in [0.25, 0.3) is 0 Å². The minimum Gasteiger partial charge on any atom is -0.231 e. The maximum absolute atomic E-state index is 12.3. The molecule has 0 aliphatic heterocycles. The summed E-state index contributed by atoms with van der Waals surface area (Å²) in [5.74, 6) is -0.363. The smallest absolute Gasteiger partial charge is 0.168 e. The van der Waals surface area contributed by atoms with Crippen LogP contribution in [-0.2, 0) is 0 Å². The van der Waals surface area contributed by atoms with Crippen LogP contribution in [0.5, 0.6) is 0 Å². The van der Waals surface area contributed by atoms with Gasteiger partial charge in [-0.3, -0.25) is 0 Å². The molecule has 0 aliphatic rings. The summed E-state index contributed by atoms with van der Waals surface area (Å²) in [6.45, 7) is 0. The Morgan fingerprint density at radius 2 is 1.70 bits per heavy atom. The average Bonchev–Trinajstić information content (AvgIpc) is 1.88. The molecule has 0 saturated heterocycles. The van der Waals surface area contributed by atoms with Crippen LogP contribution in [0, 0.1) is 5.82 Å². The number of hydrogen-bond donors (Lipinski definition) is 1. The Morgan fingerprint density at radius 3 is 2.10 bits per heavy atom. The van der Waals surface area contributed by atoms with Gasteiger partial charge in [0.25, 0.3) is 0 Å². The summed E-state index contributed by atoms with van der Waals surface area (Å²) in [5, 5.41) is 0. The van der Waals surface area contributed by atoms with Crippen molar-refractivity contribution in [1.82, 2.24) is 0 Å². The number of hydrogen-bond acceptors (Lipinski definition) is 1. The van der Waals surface area contributed by atoms with E-state index in [0.717, 1.165) is 0 Å². The molecular formula is C7H6F2S. The molecule has 1 aromatic rings. The summed E-state index contributed by atoms with van der Waals surface area (Å²) < 4.78 is 24.5. The van der Waals surface area contributed by atoms with Crippen molar-refractivity contribution < 1.29 is 8.78 Å². The minimum atomic E-state index is -1.32. The second-order valence-corrected chi connectivity index (χ2v) is 2.34. The maximum atomic E-state index is 12.3. The van der Waals surface area contributed by atoms with E-state index in [9.17, 15) is 8.78 Å². The zero-order chi connectivity index (χ0) is 7.56. The van der Waals surface area contributed by atoms with Gasteiger partial charge in [0.15, 0.2) is 5.50 Å². The summed E-state index contributed by atoms with van der Waals surface area (Å²) in [6, 6.07) is 5.15. The van der Waals surface area contributed by atoms with Crippen LogP contribution in [-0.4, -0.2) is 0 Å². The van der Waals surface area contributed by atoms with Crippen molar-refractivity contribution in [3.8, 4) is 0 Å². The summed E-state index contributed by atoms with van der Waals surface area (Å²) in [6.07, 6.45) is 0. The molecule has 1 unspecified atom stereocenters. The van der Waals surface area contributed by atoms with Gasteiger partial charge in [-0.25, -0.2) is 8.78 Å². The van der Waals surface area contributed by atoms with Crippen LogP contribution in [0.1, 0.15) is 11.1 Å². The van der Waals surface area contributed by atoms with Gasteiger partial charge in [0, 0.05) is 0 Å². The van der Waals surface area contributed by atoms with E-state index in [1.165, 1.54) is 24.3 Å². The van der Waals surface area contributed by atoms with Gasteiger partial charge in [0.1, 0.15) is 5.82 Å². The fourth-order valence-electron chi connectivity index (χ4n) is 0.622. The number of benzene rings is 1. The number of alkyl halides is 1. The molecule has 0 saturated carbocycles. The topological polar surface area (TPSA) is 0 Å². The molecule has 0 bridgehead atoms. The van der Waals surface area contributed by atoms with Crippen molar-refractivity contribution in [3.05, 3.63) is 35.6 Å². The predicted molar refractivity (Wildman–Crippen MR) is 39.2 cm³/mol. The van der Waals surface area contributed by atoms with Crippen LogP contribution in [0.15, 0.2) is 24.3 Å². The summed E-state index contributed by atoms with van der Waals surface area (Å²) in [7, 11) is 0. The van der Waals surface area contributed by atoms with E-state index in [0.29, 0.717) is 5.56 Å². The molecule has 1 aromatic carbocycles. The van der Waals surface area contributed by atoms with E-state index in [2.05, 4.69) is 12.6 Å². The van der Waals surface area contributed by atoms with Gasteiger partial charge in [-0.1, -0.05) is 12.1 Å². The highest BCUT2D eigenvalue weighted by Gasteiger charge is 2.01. The van der Waals surface area contributed by atoms with Crippen molar-refractivity contribution in [3.63, 3.8) is 0 Å². The molecule has 10 heavy (non-hydrogen) atoms. The quantitative estimate of drug-likeness (QED) is 0.600. The highest BCUT2D eigenvalue weighted by atomic mass is 32.1. The monoisotopic (exact) mass is 160 g/mol. The van der Waals surface area contributed by atoms with Crippen molar-refractivity contribution >= 4 is 12.6 Å². The molecule has 0 aliphatic carbocycles. The third-order valence-electron chi connectivity index (χ3n) is 1.15. The van der Waals surface area contributed by atoms with Gasteiger partial charge in [-0.15, -0.1) is 12.6 Å². The fraction of sp³-hybridized carbons (Fsp3) is 0.143. The fourth-order valence-corrected chi connectivity index (χ4v) is 0.794. The molecule has 0 aromatic heterocycles. The Morgan fingerprint density at radius 1 is 1.20 bits per heavy atom. The molecule has 1 rings (SSSR count). The number of halogens is 2.